The molecular weight excluding hydrogens is 416 g/mol. The average Bonchev–Trinajstić information content (AvgIpc) is 3.49. The first kappa shape index (κ1) is 19.4. The van der Waals surface area contributed by atoms with E-state index in [1.807, 2.05) is 0 Å². The van der Waals surface area contributed by atoms with Gasteiger partial charge in [-0.05, 0) is 43.2 Å². The lowest BCUT2D eigenvalue weighted by Gasteiger charge is -2.11. The van der Waals surface area contributed by atoms with E-state index >= 15 is 0 Å². The minimum Gasteiger partial charge on any atom is -0.497 e. The Balaban J connectivity index is 1.50. The fraction of sp³-hybridized carbons (Fsp3) is 0.278. The summed E-state index contributed by atoms with van der Waals surface area (Å²) < 4.78 is 38.4. The smallest absolute Gasteiger partial charge is 0.311 e. The number of thiophene rings is 1. The van der Waals surface area contributed by atoms with Gasteiger partial charge in [-0.25, -0.2) is 8.42 Å². The molecule has 3 heterocycles. The van der Waals surface area contributed by atoms with E-state index in [0.29, 0.717) is 30.1 Å². The molecule has 0 unspecified atom stereocenters. The van der Waals surface area contributed by atoms with Crippen molar-refractivity contribution in [1.29, 1.82) is 0 Å². The molecule has 0 radical (unpaired) electrons. The van der Waals surface area contributed by atoms with Gasteiger partial charge in [0.05, 0.1) is 12.7 Å². The lowest BCUT2D eigenvalue weighted by atomic mass is 10.3. The van der Waals surface area contributed by atoms with E-state index in [1.165, 1.54) is 13.2 Å². The molecule has 0 atom stereocenters. The van der Waals surface area contributed by atoms with Crippen LogP contribution in [0.1, 0.15) is 23.5 Å². The minimum atomic E-state index is -3.78. The lowest BCUT2D eigenvalue weighted by molar-refractivity contribution is 0.0754. The summed E-state index contributed by atoms with van der Waals surface area (Å²) in [5.41, 5.74) is 0.857. The van der Waals surface area contributed by atoms with Crippen LogP contribution in [0.2, 0.25) is 0 Å². The molecule has 1 aromatic carbocycles. The molecule has 9 nitrogen and oxygen atoms in total. The summed E-state index contributed by atoms with van der Waals surface area (Å²) in [5.74, 6) is 0.344. The van der Waals surface area contributed by atoms with Gasteiger partial charge in [0, 0.05) is 24.2 Å². The lowest BCUT2D eigenvalue weighted by Crippen LogP contribution is -2.27. The Morgan fingerprint density at radius 3 is 2.62 bits per heavy atom. The van der Waals surface area contributed by atoms with E-state index in [9.17, 15) is 13.2 Å². The number of benzene rings is 1. The van der Waals surface area contributed by atoms with Crippen LogP contribution >= 0.6 is 11.3 Å². The molecule has 29 heavy (non-hydrogen) atoms. The van der Waals surface area contributed by atoms with Crippen LogP contribution in [-0.4, -0.2) is 49.6 Å². The van der Waals surface area contributed by atoms with E-state index in [1.54, 1.807) is 34.5 Å². The molecule has 1 fully saturated rings. The van der Waals surface area contributed by atoms with Crippen LogP contribution < -0.4 is 9.46 Å². The molecule has 0 saturated carbocycles. The zero-order chi connectivity index (χ0) is 20.4. The number of methoxy groups -OCH3 is 1. The third-order valence-corrected chi connectivity index (χ3v) is 7.25. The number of ether oxygens (including phenoxy) is 1. The number of likely N-dealkylation sites (tertiary alicyclic amines) is 1. The standard InChI is InChI=1S/C18H18N4O5S2/c1-26-14-6-4-13(5-7-14)21-29(24,25)15-10-12(11-28-15)16-19-20-17(27-16)18(23)22-8-2-3-9-22/h4-7,10-11,21H,2-3,8-9H2,1H3. The van der Waals surface area contributed by atoms with Crippen molar-refractivity contribution in [1.82, 2.24) is 15.1 Å². The molecule has 0 aliphatic carbocycles. The first-order valence-electron chi connectivity index (χ1n) is 8.85. The monoisotopic (exact) mass is 434 g/mol. The fourth-order valence-corrected chi connectivity index (χ4v) is 5.13. The number of amides is 1. The highest BCUT2D eigenvalue weighted by molar-refractivity contribution is 7.94. The second kappa shape index (κ2) is 7.84. The number of rotatable bonds is 6. The van der Waals surface area contributed by atoms with Gasteiger partial charge in [0.1, 0.15) is 9.96 Å². The normalized spacial score (nSPS) is 14.2. The summed E-state index contributed by atoms with van der Waals surface area (Å²) in [5, 5.41) is 9.30. The SMILES string of the molecule is COc1ccc(NS(=O)(=O)c2cc(-c3nnc(C(=O)N4CCCC4)o3)cs2)cc1. The van der Waals surface area contributed by atoms with Crippen LogP contribution in [0.25, 0.3) is 11.5 Å². The Kier molecular flexibility index (Phi) is 5.24. The number of hydrogen-bond donors (Lipinski definition) is 1. The van der Waals surface area contributed by atoms with Crippen LogP contribution in [0.15, 0.2) is 44.3 Å². The highest BCUT2D eigenvalue weighted by Crippen LogP contribution is 2.29. The second-order valence-electron chi connectivity index (χ2n) is 6.40. The summed E-state index contributed by atoms with van der Waals surface area (Å²) in [6, 6.07) is 7.98. The van der Waals surface area contributed by atoms with Gasteiger partial charge in [-0.15, -0.1) is 21.5 Å². The molecule has 1 aliphatic rings. The maximum Gasteiger partial charge on any atom is 0.311 e. The maximum absolute atomic E-state index is 12.6. The van der Waals surface area contributed by atoms with Crippen LogP contribution in [0.5, 0.6) is 5.75 Å². The Hall–Kier alpha value is -2.92. The van der Waals surface area contributed by atoms with E-state index in [4.69, 9.17) is 9.15 Å². The molecule has 3 aromatic rings. The molecule has 1 N–H and O–H groups in total. The summed E-state index contributed by atoms with van der Waals surface area (Å²) in [7, 11) is -2.24. The largest absolute Gasteiger partial charge is 0.497 e. The van der Waals surface area contributed by atoms with Gasteiger partial charge >= 0.3 is 11.8 Å². The molecule has 1 saturated heterocycles. The minimum absolute atomic E-state index is 0.0890. The average molecular weight is 434 g/mol. The first-order chi connectivity index (χ1) is 14.0. The summed E-state index contributed by atoms with van der Waals surface area (Å²) in [6.07, 6.45) is 1.92. The van der Waals surface area contributed by atoms with Crippen LogP contribution in [-0.2, 0) is 10.0 Å². The van der Waals surface area contributed by atoms with Crippen LogP contribution in [0.3, 0.4) is 0 Å². The van der Waals surface area contributed by atoms with Crippen molar-refractivity contribution >= 4 is 33.0 Å². The highest BCUT2D eigenvalue weighted by Gasteiger charge is 2.26. The molecule has 1 aliphatic heterocycles. The van der Waals surface area contributed by atoms with Gasteiger partial charge in [-0.2, -0.15) is 0 Å². The Morgan fingerprint density at radius 2 is 1.93 bits per heavy atom. The van der Waals surface area contributed by atoms with E-state index in [0.717, 1.165) is 24.2 Å². The number of carbonyl (C=O) groups is 1. The predicted molar refractivity (Wildman–Crippen MR) is 107 cm³/mol. The molecule has 0 spiro atoms. The van der Waals surface area contributed by atoms with Gasteiger partial charge in [0.15, 0.2) is 0 Å². The zero-order valence-electron chi connectivity index (χ0n) is 15.5. The summed E-state index contributed by atoms with van der Waals surface area (Å²) in [6.45, 7) is 1.35. The number of aromatic nitrogens is 2. The number of carbonyl (C=O) groups excluding carboxylic acids is 1. The molecule has 1 amide bonds. The van der Waals surface area contributed by atoms with Crippen LogP contribution in [0.4, 0.5) is 5.69 Å². The van der Waals surface area contributed by atoms with Crippen molar-refractivity contribution in [2.45, 2.75) is 17.1 Å². The molecule has 152 valence electrons. The van der Waals surface area contributed by atoms with Crippen molar-refractivity contribution in [3.63, 3.8) is 0 Å². The van der Waals surface area contributed by atoms with Crippen molar-refractivity contribution in [3.8, 4) is 17.2 Å². The Labute approximate surface area is 171 Å². The van der Waals surface area contributed by atoms with Gasteiger partial charge in [0.25, 0.3) is 10.0 Å². The van der Waals surface area contributed by atoms with Crippen molar-refractivity contribution in [2.24, 2.45) is 0 Å². The second-order valence-corrected chi connectivity index (χ2v) is 9.22. The molecule has 11 heteroatoms. The Bertz CT molecular complexity index is 1120. The fourth-order valence-electron chi connectivity index (χ4n) is 2.92. The van der Waals surface area contributed by atoms with Crippen molar-refractivity contribution in [2.75, 3.05) is 24.9 Å². The summed E-state index contributed by atoms with van der Waals surface area (Å²) in [4.78, 5) is 14.0. The van der Waals surface area contributed by atoms with Crippen LogP contribution in [0, 0.1) is 0 Å². The van der Waals surface area contributed by atoms with Crippen molar-refractivity contribution < 1.29 is 22.4 Å². The number of sulfonamides is 1. The number of nitrogens with zero attached hydrogens (tertiary/aromatic N) is 3. The predicted octanol–water partition coefficient (Wildman–Crippen LogP) is 2.84. The van der Waals surface area contributed by atoms with Gasteiger partial charge in [-0.3, -0.25) is 9.52 Å². The summed E-state index contributed by atoms with van der Waals surface area (Å²) >= 11 is 1.02. The van der Waals surface area contributed by atoms with E-state index < -0.39 is 10.0 Å². The van der Waals surface area contributed by atoms with Crippen molar-refractivity contribution in [3.05, 3.63) is 41.6 Å². The number of anilines is 1. The Morgan fingerprint density at radius 1 is 1.21 bits per heavy atom. The number of hydrogen-bond acceptors (Lipinski definition) is 8. The van der Waals surface area contributed by atoms with E-state index in [2.05, 4.69) is 14.9 Å². The first-order valence-corrected chi connectivity index (χ1v) is 11.2. The molecule has 4 rings (SSSR count). The third kappa shape index (κ3) is 4.10. The zero-order valence-corrected chi connectivity index (χ0v) is 17.1. The third-order valence-electron chi connectivity index (χ3n) is 4.43. The molecular formula is C18H18N4O5S2. The topological polar surface area (TPSA) is 115 Å². The van der Waals surface area contributed by atoms with E-state index in [-0.39, 0.29) is 21.9 Å². The van der Waals surface area contributed by atoms with Gasteiger partial charge < -0.3 is 14.1 Å². The van der Waals surface area contributed by atoms with Gasteiger partial charge in [0.2, 0.25) is 5.89 Å². The molecule has 2 aromatic heterocycles. The maximum atomic E-state index is 12.6. The van der Waals surface area contributed by atoms with Gasteiger partial charge in [-0.1, -0.05) is 0 Å². The highest BCUT2D eigenvalue weighted by atomic mass is 32.2. The quantitative estimate of drug-likeness (QED) is 0.634. The molecule has 0 bridgehead atoms. The number of nitrogens with one attached hydrogen (secondary N) is 1.